The van der Waals surface area contributed by atoms with Crippen LogP contribution in [0.3, 0.4) is 0 Å². The fourth-order valence-electron chi connectivity index (χ4n) is 2.90. The molecule has 0 fully saturated rings. The van der Waals surface area contributed by atoms with Crippen LogP contribution in [0.25, 0.3) is 0 Å². The average molecular weight is 323 g/mol. The molecule has 0 saturated heterocycles. The quantitative estimate of drug-likeness (QED) is 0.647. The fourth-order valence-corrected chi connectivity index (χ4v) is 2.90. The standard InChI is InChI=1S/C17H13N3O4/c1-9-6-12(21)7-14-15(9)16(13(8-18)17(19)24-14)10-2-4-11(5-3-10)20(22)23/h2-7,16,21H,19H2,1H3. The summed E-state index contributed by atoms with van der Waals surface area (Å²) >= 11 is 0. The molecule has 1 heterocycles. The second kappa shape index (κ2) is 5.59. The molecule has 1 aliphatic heterocycles. The van der Waals surface area contributed by atoms with E-state index in [2.05, 4.69) is 6.07 Å². The highest BCUT2D eigenvalue weighted by Crippen LogP contribution is 2.45. The zero-order valence-electron chi connectivity index (χ0n) is 12.7. The van der Waals surface area contributed by atoms with E-state index in [4.69, 9.17) is 10.5 Å². The minimum atomic E-state index is -0.514. The Morgan fingerprint density at radius 2 is 2.00 bits per heavy atom. The van der Waals surface area contributed by atoms with E-state index < -0.39 is 10.8 Å². The Morgan fingerprint density at radius 1 is 1.33 bits per heavy atom. The van der Waals surface area contributed by atoms with Crippen molar-refractivity contribution < 1.29 is 14.8 Å². The molecule has 7 nitrogen and oxygen atoms in total. The summed E-state index contributed by atoms with van der Waals surface area (Å²) in [4.78, 5) is 10.3. The van der Waals surface area contributed by atoms with Crippen LogP contribution in [0.4, 0.5) is 5.69 Å². The number of phenols is 1. The molecule has 3 rings (SSSR count). The summed E-state index contributed by atoms with van der Waals surface area (Å²) < 4.78 is 5.48. The summed E-state index contributed by atoms with van der Waals surface area (Å²) in [6.07, 6.45) is 0. The molecule has 2 aromatic rings. The topological polar surface area (TPSA) is 122 Å². The van der Waals surface area contributed by atoms with Gasteiger partial charge in [0.25, 0.3) is 5.69 Å². The summed E-state index contributed by atoms with van der Waals surface area (Å²) in [6.45, 7) is 1.79. The maximum absolute atomic E-state index is 10.8. The summed E-state index contributed by atoms with van der Waals surface area (Å²) in [6, 6.07) is 11.0. The molecule has 0 aromatic heterocycles. The second-order valence-electron chi connectivity index (χ2n) is 5.45. The van der Waals surface area contributed by atoms with Gasteiger partial charge in [-0.25, -0.2) is 0 Å². The van der Waals surface area contributed by atoms with Crippen molar-refractivity contribution in [3.8, 4) is 17.6 Å². The Labute approximate surface area is 137 Å². The van der Waals surface area contributed by atoms with E-state index in [9.17, 15) is 20.5 Å². The number of nitro groups is 1. The molecule has 0 amide bonds. The number of hydrogen-bond donors (Lipinski definition) is 2. The lowest BCUT2D eigenvalue weighted by molar-refractivity contribution is -0.384. The van der Waals surface area contributed by atoms with Crippen molar-refractivity contribution >= 4 is 5.69 Å². The first-order chi connectivity index (χ1) is 11.4. The number of nitrogens with zero attached hydrogens (tertiary/aromatic N) is 2. The molecule has 120 valence electrons. The van der Waals surface area contributed by atoms with E-state index in [0.29, 0.717) is 16.9 Å². The van der Waals surface area contributed by atoms with E-state index in [0.717, 1.165) is 5.56 Å². The van der Waals surface area contributed by atoms with Gasteiger partial charge in [0, 0.05) is 23.8 Å². The van der Waals surface area contributed by atoms with Crippen molar-refractivity contribution in [3.05, 3.63) is 74.7 Å². The molecule has 7 heteroatoms. The predicted molar refractivity (Wildman–Crippen MR) is 85.2 cm³/mol. The third-order valence-corrected chi connectivity index (χ3v) is 3.95. The summed E-state index contributed by atoms with van der Waals surface area (Å²) in [5.41, 5.74) is 8.15. The third-order valence-electron chi connectivity index (χ3n) is 3.95. The highest BCUT2D eigenvalue weighted by molar-refractivity contribution is 5.60. The largest absolute Gasteiger partial charge is 0.508 e. The zero-order chi connectivity index (χ0) is 17.4. The van der Waals surface area contributed by atoms with Crippen LogP contribution in [0, 0.1) is 28.4 Å². The second-order valence-corrected chi connectivity index (χ2v) is 5.45. The van der Waals surface area contributed by atoms with Crippen LogP contribution in [0.2, 0.25) is 0 Å². The van der Waals surface area contributed by atoms with Gasteiger partial charge in [-0.1, -0.05) is 12.1 Å². The number of aryl methyl sites for hydroxylation is 1. The van der Waals surface area contributed by atoms with Crippen LogP contribution in [0.1, 0.15) is 22.6 Å². The Kier molecular flexibility index (Phi) is 3.58. The summed E-state index contributed by atoms with van der Waals surface area (Å²) in [5.74, 6) is -0.159. The smallest absolute Gasteiger partial charge is 0.269 e. The molecule has 0 saturated carbocycles. The lowest BCUT2D eigenvalue weighted by Crippen LogP contribution is -2.21. The lowest BCUT2D eigenvalue weighted by atomic mass is 9.81. The van der Waals surface area contributed by atoms with Crippen molar-refractivity contribution in [1.29, 1.82) is 5.26 Å². The number of nitriles is 1. The van der Waals surface area contributed by atoms with Gasteiger partial charge in [0.15, 0.2) is 0 Å². The molecule has 3 N–H and O–H groups in total. The molecule has 1 aliphatic rings. The number of benzene rings is 2. The van der Waals surface area contributed by atoms with Gasteiger partial charge in [-0.15, -0.1) is 0 Å². The molecular formula is C17H13N3O4. The summed E-state index contributed by atoms with van der Waals surface area (Å²) in [5, 5.41) is 30.1. The van der Waals surface area contributed by atoms with Crippen LogP contribution in [0.15, 0.2) is 47.9 Å². The number of non-ortho nitro benzene ring substituents is 1. The number of nitro benzene ring substituents is 1. The Hall–Kier alpha value is -3.53. The van der Waals surface area contributed by atoms with Crippen molar-refractivity contribution in [2.45, 2.75) is 12.8 Å². The molecule has 24 heavy (non-hydrogen) atoms. The van der Waals surface area contributed by atoms with Crippen LogP contribution >= 0.6 is 0 Å². The Morgan fingerprint density at radius 3 is 2.58 bits per heavy atom. The fraction of sp³-hybridized carbons (Fsp3) is 0.118. The number of allylic oxidation sites excluding steroid dienone is 1. The lowest BCUT2D eigenvalue weighted by Gasteiger charge is -2.28. The number of aromatic hydroxyl groups is 1. The molecule has 2 aromatic carbocycles. The number of ether oxygens (including phenoxy) is 1. The highest BCUT2D eigenvalue weighted by atomic mass is 16.6. The minimum absolute atomic E-state index is 0.0295. The van der Waals surface area contributed by atoms with E-state index in [1.807, 2.05) is 0 Å². The minimum Gasteiger partial charge on any atom is -0.508 e. The van der Waals surface area contributed by atoms with Crippen molar-refractivity contribution in [2.24, 2.45) is 5.73 Å². The SMILES string of the molecule is Cc1cc(O)cc2c1C(c1ccc([N+](=O)[O-])cc1)C(C#N)=C(N)O2. The van der Waals surface area contributed by atoms with Crippen LogP contribution in [0.5, 0.6) is 11.5 Å². The molecule has 0 bridgehead atoms. The van der Waals surface area contributed by atoms with Gasteiger partial charge in [-0.05, 0) is 24.1 Å². The normalized spacial score (nSPS) is 16.1. The van der Waals surface area contributed by atoms with Crippen LogP contribution in [-0.2, 0) is 0 Å². The van der Waals surface area contributed by atoms with E-state index in [1.165, 1.54) is 18.2 Å². The van der Waals surface area contributed by atoms with Gasteiger partial charge < -0.3 is 15.6 Å². The van der Waals surface area contributed by atoms with Gasteiger partial charge in [-0.2, -0.15) is 5.26 Å². The van der Waals surface area contributed by atoms with Gasteiger partial charge in [0.05, 0.1) is 10.8 Å². The molecule has 0 aliphatic carbocycles. The van der Waals surface area contributed by atoms with E-state index >= 15 is 0 Å². The Bertz CT molecular complexity index is 911. The molecule has 0 radical (unpaired) electrons. The van der Waals surface area contributed by atoms with Gasteiger partial charge in [0.1, 0.15) is 23.1 Å². The highest BCUT2D eigenvalue weighted by Gasteiger charge is 2.32. The number of phenolic OH excluding ortho intramolecular Hbond substituents is 1. The van der Waals surface area contributed by atoms with Crippen molar-refractivity contribution in [1.82, 2.24) is 0 Å². The molecule has 0 spiro atoms. The van der Waals surface area contributed by atoms with Gasteiger partial charge in [-0.3, -0.25) is 10.1 Å². The third kappa shape index (κ3) is 2.40. The summed E-state index contributed by atoms with van der Waals surface area (Å²) in [7, 11) is 0. The van der Waals surface area contributed by atoms with Crippen molar-refractivity contribution in [3.63, 3.8) is 0 Å². The molecular weight excluding hydrogens is 310 g/mol. The average Bonchev–Trinajstić information content (AvgIpc) is 2.53. The maximum atomic E-state index is 10.8. The molecule has 1 unspecified atom stereocenters. The van der Waals surface area contributed by atoms with E-state index in [1.54, 1.807) is 25.1 Å². The number of hydrogen-bond acceptors (Lipinski definition) is 6. The maximum Gasteiger partial charge on any atom is 0.269 e. The van der Waals surface area contributed by atoms with Gasteiger partial charge >= 0.3 is 0 Å². The van der Waals surface area contributed by atoms with Gasteiger partial charge in [0.2, 0.25) is 5.88 Å². The number of rotatable bonds is 2. The first-order valence-electron chi connectivity index (χ1n) is 7.07. The number of nitrogens with two attached hydrogens (primary N) is 1. The molecule has 1 atom stereocenters. The first kappa shape index (κ1) is 15.4. The van der Waals surface area contributed by atoms with Crippen LogP contribution in [-0.4, -0.2) is 10.0 Å². The van der Waals surface area contributed by atoms with E-state index in [-0.39, 0.29) is 22.9 Å². The van der Waals surface area contributed by atoms with Crippen LogP contribution < -0.4 is 10.5 Å². The Balaban J connectivity index is 2.21. The predicted octanol–water partition coefficient (Wildman–Crippen LogP) is 2.83. The monoisotopic (exact) mass is 323 g/mol. The zero-order valence-corrected chi connectivity index (χ0v) is 12.7. The number of fused-ring (bicyclic) bond motifs is 1. The van der Waals surface area contributed by atoms with Crippen molar-refractivity contribution in [2.75, 3.05) is 0 Å². The first-order valence-corrected chi connectivity index (χ1v) is 7.07.